The van der Waals surface area contributed by atoms with Crippen LogP contribution in [0.5, 0.6) is 0 Å². The molecule has 0 spiro atoms. The predicted octanol–water partition coefficient (Wildman–Crippen LogP) is 4.49. The van der Waals surface area contributed by atoms with E-state index in [9.17, 15) is 0 Å². The molecule has 0 saturated heterocycles. The Kier molecular flexibility index (Phi) is 3.40. The Morgan fingerprint density at radius 2 is 1.58 bits per heavy atom. The minimum Gasteiger partial charge on any atom is -0.0776 e. The molecule has 1 fully saturated rings. The highest BCUT2D eigenvalue weighted by Crippen LogP contribution is 2.48. The second kappa shape index (κ2) is 3.40. The Hall–Kier alpha value is 0. The van der Waals surface area contributed by atoms with Gasteiger partial charge in [-0.1, -0.05) is 42.0 Å². The van der Waals surface area contributed by atoms with Gasteiger partial charge in [-0.2, -0.15) is 0 Å². The Bertz CT molecular complexity index is 142. The standard InChI is InChI=1S/C11H22.CH4/c1-9-6-7-10(2,3)8-11(9,4)5;/h9H,6-8H2,1-5H3;1H4/t9-;/m0./s1. The van der Waals surface area contributed by atoms with E-state index in [0.717, 1.165) is 5.92 Å². The van der Waals surface area contributed by atoms with Crippen molar-refractivity contribution in [3.8, 4) is 0 Å². The van der Waals surface area contributed by atoms with Gasteiger partial charge in [0, 0.05) is 0 Å². The van der Waals surface area contributed by atoms with Crippen LogP contribution < -0.4 is 0 Å². The maximum atomic E-state index is 2.42. The zero-order valence-electron chi connectivity index (χ0n) is 8.70. The molecule has 1 aliphatic carbocycles. The van der Waals surface area contributed by atoms with E-state index >= 15 is 0 Å². The van der Waals surface area contributed by atoms with Crippen LogP contribution in [0.3, 0.4) is 0 Å². The molecule has 0 amide bonds. The largest absolute Gasteiger partial charge is 0.0776 e. The van der Waals surface area contributed by atoms with E-state index in [1.807, 2.05) is 0 Å². The third-order valence-corrected chi connectivity index (χ3v) is 3.52. The van der Waals surface area contributed by atoms with Crippen LogP contribution in [0.15, 0.2) is 0 Å². The van der Waals surface area contributed by atoms with Crippen molar-refractivity contribution in [2.75, 3.05) is 0 Å². The van der Waals surface area contributed by atoms with Crippen LogP contribution in [0.2, 0.25) is 0 Å². The third kappa shape index (κ3) is 2.50. The molecule has 12 heavy (non-hydrogen) atoms. The van der Waals surface area contributed by atoms with Gasteiger partial charge in [-0.25, -0.2) is 0 Å². The first-order valence-electron chi connectivity index (χ1n) is 4.83. The zero-order chi connectivity index (χ0) is 8.70. The quantitative estimate of drug-likeness (QED) is 0.502. The lowest BCUT2D eigenvalue weighted by Gasteiger charge is -2.45. The highest BCUT2D eigenvalue weighted by Gasteiger charge is 2.37. The van der Waals surface area contributed by atoms with E-state index in [-0.39, 0.29) is 7.43 Å². The molecule has 0 bridgehead atoms. The van der Waals surface area contributed by atoms with Crippen molar-refractivity contribution in [2.45, 2.75) is 61.3 Å². The molecule has 0 aromatic heterocycles. The van der Waals surface area contributed by atoms with Crippen molar-refractivity contribution in [3.63, 3.8) is 0 Å². The van der Waals surface area contributed by atoms with E-state index in [1.54, 1.807) is 0 Å². The molecule has 0 radical (unpaired) electrons. The molecule has 1 atom stereocenters. The molecule has 0 heterocycles. The molecule has 0 heteroatoms. The highest BCUT2D eigenvalue weighted by molar-refractivity contribution is 4.88. The lowest BCUT2D eigenvalue weighted by molar-refractivity contribution is 0.0591. The lowest BCUT2D eigenvalue weighted by Crippen LogP contribution is -2.34. The minimum atomic E-state index is 0. The zero-order valence-corrected chi connectivity index (χ0v) is 8.70. The van der Waals surface area contributed by atoms with Crippen molar-refractivity contribution >= 4 is 0 Å². The Balaban J connectivity index is 0.00000121. The Labute approximate surface area is 78.8 Å². The third-order valence-electron chi connectivity index (χ3n) is 3.52. The fourth-order valence-corrected chi connectivity index (χ4v) is 2.49. The van der Waals surface area contributed by atoms with Gasteiger partial charge < -0.3 is 0 Å². The van der Waals surface area contributed by atoms with Crippen molar-refractivity contribution in [3.05, 3.63) is 0 Å². The summed E-state index contributed by atoms with van der Waals surface area (Å²) in [6.07, 6.45) is 4.22. The van der Waals surface area contributed by atoms with E-state index in [0.29, 0.717) is 10.8 Å². The van der Waals surface area contributed by atoms with Gasteiger partial charge in [-0.3, -0.25) is 0 Å². The topological polar surface area (TPSA) is 0 Å². The van der Waals surface area contributed by atoms with Gasteiger partial charge in [-0.15, -0.1) is 0 Å². The molecule has 1 rings (SSSR count). The average Bonchev–Trinajstić information content (AvgIpc) is 1.77. The molecule has 0 aliphatic heterocycles. The number of rotatable bonds is 0. The van der Waals surface area contributed by atoms with Crippen molar-refractivity contribution in [1.82, 2.24) is 0 Å². The van der Waals surface area contributed by atoms with E-state index in [2.05, 4.69) is 34.6 Å². The van der Waals surface area contributed by atoms with Gasteiger partial charge in [0.15, 0.2) is 0 Å². The van der Waals surface area contributed by atoms with Crippen LogP contribution in [-0.2, 0) is 0 Å². The molecule has 74 valence electrons. The number of hydrogen-bond acceptors (Lipinski definition) is 0. The molecule has 0 unspecified atom stereocenters. The summed E-state index contributed by atoms with van der Waals surface area (Å²) < 4.78 is 0. The molecule has 1 saturated carbocycles. The van der Waals surface area contributed by atoms with E-state index in [1.165, 1.54) is 19.3 Å². The first-order chi connectivity index (χ1) is 4.83. The Morgan fingerprint density at radius 3 is 1.92 bits per heavy atom. The summed E-state index contributed by atoms with van der Waals surface area (Å²) in [5.74, 6) is 0.913. The average molecular weight is 170 g/mol. The normalized spacial score (nSPS) is 32.2. The van der Waals surface area contributed by atoms with Gasteiger partial charge >= 0.3 is 0 Å². The second-order valence-electron chi connectivity index (χ2n) is 5.77. The van der Waals surface area contributed by atoms with Gasteiger partial charge in [0.25, 0.3) is 0 Å². The van der Waals surface area contributed by atoms with Crippen molar-refractivity contribution < 1.29 is 0 Å². The fourth-order valence-electron chi connectivity index (χ4n) is 2.49. The summed E-state index contributed by atoms with van der Waals surface area (Å²) in [5, 5.41) is 0. The fraction of sp³-hybridized carbons (Fsp3) is 1.00. The van der Waals surface area contributed by atoms with Gasteiger partial charge in [0.05, 0.1) is 0 Å². The van der Waals surface area contributed by atoms with Crippen LogP contribution in [0, 0.1) is 16.7 Å². The molecule has 0 aromatic rings. The molecular weight excluding hydrogens is 144 g/mol. The summed E-state index contributed by atoms with van der Waals surface area (Å²) in [7, 11) is 0. The first-order valence-corrected chi connectivity index (χ1v) is 4.83. The van der Waals surface area contributed by atoms with Crippen LogP contribution in [0.4, 0.5) is 0 Å². The van der Waals surface area contributed by atoms with Gasteiger partial charge in [-0.05, 0) is 36.0 Å². The van der Waals surface area contributed by atoms with E-state index < -0.39 is 0 Å². The summed E-state index contributed by atoms with van der Waals surface area (Å²) in [6.45, 7) is 12.0. The van der Waals surface area contributed by atoms with Crippen LogP contribution in [0.25, 0.3) is 0 Å². The second-order valence-corrected chi connectivity index (χ2v) is 5.77. The molecular formula is C12H26. The maximum absolute atomic E-state index is 2.42. The summed E-state index contributed by atoms with van der Waals surface area (Å²) >= 11 is 0. The Morgan fingerprint density at radius 1 is 1.08 bits per heavy atom. The lowest BCUT2D eigenvalue weighted by atomic mass is 9.61. The van der Waals surface area contributed by atoms with Gasteiger partial charge in [0.2, 0.25) is 0 Å². The molecule has 0 N–H and O–H groups in total. The van der Waals surface area contributed by atoms with Crippen LogP contribution in [0.1, 0.15) is 61.3 Å². The van der Waals surface area contributed by atoms with E-state index in [4.69, 9.17) is 0 Å². The summed E-state index contributed by atoms with van der Waals surface area (Å²) in [4.78, 5) is 0. The molecule has 1 aliphatic rings. The van der Waals surface area contributed by atoms with Crippen molar-refractivity contribution in [1.29, 1.82) is 0 Å². The van der Waals surface area contributed by atoms with Gasteiger partial charge in [0.1, 0.15) is 0 Å². The predicted molar refractivity (Wildman–Crippen MR) is 57.3 cm³/mol. The number of hydrogen-bond donors (Lipinski definition) is 0. The van der Waals surface area contributed by atoms with Crippen LogP contribution in [-0.4, -0.2) is 0 Å². The molecule has 0 nitrogen and oxygen atoms in total. The summed E-state index contributed by atoms with van der Waals surface area (Å²) in [6, 6.07) is 0. The maximum Gasteiger partial charge on any atom is -0.0323 e. The smallest absolute Gasteiger partial charge is 0.0323 e. The minimum absolute atomic E-state index is 0. The first kappa shape index (κ1) is 12.0. The van der Waals surface area contributed by atoms with Crippen molar-refractivity contribution in [2.24, 2.45) is 16.7 Å². The molecule has 0 aromatic carbocycles. The monoisotopic (exact) mass is 170 g/mol. The SMILES string of the molecule is C.C[C@H]1CCC(C)(C)CC1(C)C. The summed E-state index contributed by atoms with van der Waals surface area (Å²) in [5.41, 5.74) is 1.16. The highest BCUT2D eigenvalue weighted by atomic mass is 14.4. The van der Waals surface area contributed by atoms with Crippen LogP contribution >= 0.6 is 0 Å².